The van der Waals surface area contributed by atoms with E-state index in [9.17, 15) is 4.79 Å². The fourth-order valence-corrected chi connectivity index (χ4v) is 2.29. The van der Waals surface area contributed by atoms with E-state index in [-0.39, 0.29) is 11.9 Å². The molecule has 2 aromatic rings. The van der Waals surface area contributed by atoms with Crippen LogP contribution in [0.25, 0.3) is 0 Å². The van der Waals surface area contributed by atoms with Crippen LogP contribution in [-0.2, 0) is 6.54 Å². The van der Waals surface area contributed by atoms with Gasteiger partial charge >= 0.3 is 0 Å². The fraction of sp³-hybridized carbons (Fsp3) is 0.353. The zero-order valence-corrected chi connectivity index (χ0v) is 13.5. The lowest BCUT2D eigenvalue weighted by atomic mass is 10.1. The molecule has 0 aliphatic carbocycles. The Bertz CT molecular complexity index is 628. The van der Waals surface area contributed by atoms with Gasteiger partial charge in [-0.3, -0.25) is 4.79 Å². The highest BCUT2D eigenvalue weighted by molar-refractivity contribution is 5.94. The van der Waals surface area contributed by atoms with Crippen LogP contribution in [0.15, 0.2) is 42.9 Å². The number of hydrogen-bond acceptors (Lipinski definition) is 4. The molecule has 0 bridgehead atoms. The van der Waals surface area contributed by atoms with Crippen LogP contribution in [0.4, 0.5) is 0 Å². The number of amides is 1. The molecule has 0 radical (unpaired) electrons. The van der Waals surface area contributed by atoms with E-state index in [0.29, 0.717) is 5.56 Å². The summed E-state index contributed by atoms with van der Waals surface area (Å²) < 4.78 is 0. The van der Waals surface area contributed by atoms with E-state index in [2.05, 4.69) is 14.9 Å². The van der Waals surface area contributed by atoms with Crippen molar-refractivity contribution in [2.24, 2.45) is 0 Å². The summed E-state index contributed by atoms with van der Waals surface area (Å²) in [7, 11) is 5.82. The number of aromatic nitrogens is 2. The first kappa shape index (κ1) is 16.1. The smallest absolute Gasteiger partial charge is 0.254 e. The van der Waals surface area contributed by atoms with E-state index in [1.807, 2.05) is 51.4 Å². The number of benzene rings is 1. The summed E-state index contributed by atoms with van der Waals surface area (Å²) in [5.74, 6) is -0.00767. The van der Waals surface area contributed by atoms with Gasteiger partial charge in [0.1, 0.15) is 6.33 Å². The molecular weight excluding hydrogens is 276 g/mol. The van der Waals surface area contributed by atoms with Crippen LogP contribution in [0.5, 0.6) is 0 Å². The lowest BCUT2D eigenvalue weighted by Crippen LogP contribution is -2.30. The maximum absolute atomic E-state index is 12.7. The van der Waals surface area contributed by atoms with Crippen LogP contribution in [0.1, 0.15) is 34.6 Å². The molecule has 0 aliphatic heterocycles. The van der Waals surface area contributed by atoms with E-state index in [1.165, 1.54) is 6.33 Å². The molecule has 0 saturated heterocycles. The third-order valence-electron chi connectivity index (χ3n) is 3.61. The molecule has 0 saturated carbocycles. The summed E-state index contributed by atoms with van der Waals surface area (Å²) in [4.78, 5) is 24.6. The van der Waals surface area contributed by atoms with Crippen molar-refractivity contribution in [3.8, 4) is 0 Å². The summed E-state index contributed by atoms with van der Waals surface area (Å²) >= 11 is 0. The van der Waals surface area contributed by atoms with Crippen LogP contribution in [-0.4, -0.2) is 46.8 Å². The van der Waals surface area contributed by atoms with Gasteiger partial charge in [0.05, 0.1) is 11.7 Å². The molecule has 0 spiro atoms. The van der Waals surface area contributed by atoms with Gasteiger partial charge in [-0.1, -0.05) is 12.1 Å². The Balaban J connectivity index is 2.17. The van der Waals surface area contributed by atoms with Crippen LogP contribution in [0.3, 0.4) is 0 Å². The summed E-state index contributed by atoms with van der Waals surface area (Å²) in [5, 5.41) is 0. The molecule has 2 rings (SSSR count). The molecule has 1 heterocycles. The summed E-state index contributed by atoms with van der Waals surface area (Å²) in [5.41, 5.74) is 2.65. The maximum atomic E-state index is 12.7. The van der Waals surface area contributed by atoms with Crippen molar-refractivity contribution < 1.29 is 4.79 Å². The lowest BCUT2D eigenvalue weighted by molar-refractivity contribution is 0.0739. The van der Waals surface area contributed by atoms with Gasteiger partial charge in [-0.2, -0.15) is 0 Å². The van der Waals surface area contributed by atoms with Gasteiger partial charge in [0.25, 0.3) is 5.91 Å². The molecule has 0 fully saturated rings. The Morgan fingerprint density at radius 2 is 2.00 bits per heavy atom. The standard InChI is InChI=1S/C17H22N4O/c1-13(16-8-9-18-12-19-16)21(4)17(22)15-7-5-6-14(10-15)11-20(2)3/h5-10,12-13H,11H2,1-4H3/t13-/m1/s1. The minimum absolute atomic E-state index is 0.00767. The van der Waals surface area contributed by atoms with Crippen LogP contribution in [0, 0.1) is 0 Å². The van der Waals surface area contributed by atoms with E-state index in [0.717, 1.165) is 17.8 Å². The summed E-state index contributed by atoms with van der Waals surface area (Å²) in [6, 6.07) is 9.49. The van der Waals surface area contributed by atoms with Gasteiger partial charge in [-0.25, -0.2) is 9.97 Å². The Hall–Kier alpha value is -2.27. The van der Waals surface area contributed by atoms with Gasteiger partial charge in [-0.05, 0) is 44.8 Å². The predicted molar refractivity (Wildman–Crippen MR) is 86.4 cm³/mol. The van der Waals surface area contributed by atoms with Crippen molar-refractivity contribution in [1.29, 1.82) is 0 Å². The number of carbonyl (C=O) groups is 1. The van der Waals surface area contributed by atoms with Gasteiger partial charge in [0.2, 0.25) is 0 Å². The van der Waals surface area contributed by atoms with E-state index in [4.69, 9.17) is 0 Å². The quantitative estimate of drug-likeness (QED) is 0.850. The zero-order chi connectivity index (χ0) is 16.1. The minimum atomic E-state index is -0.104. The molecule has 1 amide bonds. The lowest BCUT2D eigenvalue weighted by Gasteiger charge is -2.24. The average molecular weight is 298 g/mol. The molecule has 5 heteroatoms. The van der Waals surface area contributed by atoms with Crippen LogP contribution >= 0.6 is 0 Å². The third-order valence-corrected chi connectivity index (χ3v) is 3.61. The number of hydrogen-bond donors (Lipinski definition) is 0. The van der Waals surface area contributed by atoms with Crippen molar-refractivity contribution in [3.63, 3.8) is 0 Å². The van der Waals surface area contributed by atoms with Gasteiger partial charge in [0.15, 0.2) is 0 Å². The first-order valence-corrected chi connectivity index (χ1v) is 7.25. The first-order chi connectivity index (χ1) is 10.5. The first-order valence-electron chi connectivity index (χ1n) is 7.25. The van der Waals surface area contributed by atoms with Gasteiger partial charge in [-0.15, -0.1) is 0 Å². The Kier molecular flexibility index (Phi) is 5.22. The van der Waals surface area contributed by atoms with Crippen molar-refractivity contribution in [1.82, 2.24) is 19.8 Å². The molecule has 5 nitrogen and oxygen atoms in total. The largest absolute Gasteiger partial charge is 0.333 e. The van der Waals surface area contributed by atoms with Gasteiger partial charge < -0.3 is 9.80 Å². The maximum Gasteiger partial charge on any atom is 0.254 e. The number of carbonyl (C=O) groups excluding carboxylic acids is 1. The van der Waals surface area contributed by atoms with E-state index < -0.39 is 0 Å². The topological polar surface area (TPSA) is 49.3 Å². The van der Waals surface area contributed by atoms with Crippen LogP contribution < -0.4 is 0 Å². The van der Waals surface area contributed by atoms with Crippen molar-refractivity contribution >= 4 is 5.91 Å². The molecule has 22 heavy (non-hydrogen) atoms. The molecule has 1 aromatic carbocycles. The highest BCUT2D eigenvalue weighted by Gasteiger charge is 2.20. The van der Waals surface area contributed by atoms with E-state index in [1.54, 1.807) is 18.1 Å². The highest BCUT2D eigenvalue weighted by atomic mass is 16.2. The van der Waals surface area contributed by atoms with Crippen molar-refractivity contribution in [3.05, 3.63) is 59.7 Å². The number of nitrogens with zero attached hydrogens (tertiary/aromatic N) is 4. The Morgan fingerprint density at radius 3 is 2.64 bits per heavy atom. The second-order valence-corrected chi connectivity index (χ2v) is 5.66. The molecular formula is C17H22N4O. The third kappa shape index (κ3) is 3.89. The van der Waals surface area contributed by atoms with Crippen molar-refractivity contribution in [2.75, 3.05) is 21.1 Å². The van der Waals surface area contributed by atoms with Crippen LogP contribution in [0.2, 0.25) is 0 Å². The number of rotatable bonds is 5. The average Bonchev–Trinajstić information content (AvgIpc) is 2.53. The van der Waals surface area contributed by atoms with E-state index >= 15 is 0 Å². The van der Waals surface area contributed by atoms with Gasteiger partial charge in [0, 0.05) is 25.4 Å². The fourth-order valence-electron chi connectivity index (χ4n) is 2.29. The molecule has 0 N–H and O–H groups in total. The highest BCUT2D eigenvalue weighted by Crippen LogP contribution is 2.19. The molecule has 116 valence electrons. The summed E-state index contributed by atoms with van der Waals surface area (Å²) in [6.45, 7) is 2.77. The molecule has 1 atom stereocenters. The minimum Gasteiger partial charge on any atom is -0.333 e. The second-order valence-electron chi connectivity index (χ2n) is 5.66. The monoisotopic (exact) mass is 298 g/mol. The second kappa shape index (κ2) is 7.13. The zero-order valence-electron chi connectivity index (χ0n) is 13.5. The summed E-state index contributed by atoms with van der Waals surface area (Å²) in [6.07, 6.45) is 3.19. The Morgan fingerprint density at radius 1 is 1.23 bits per heavy atom. The molecule has 0 aliphatic rings. The Labute approximate surface area is 131 Å². The normalized spacial score (nSPS) is 12.2. The molecule has 0 unspecified atom stereocenters. The molecule has 1 aromatic heterocycles. The SMILES string of the molecule is C[C@H](c1ccncn1)N(C)C(=O)c1cccc(CN(C)C)c1. The van der Waals surface area contributed by atoms with Crippen molar-refractivity contribution in [2.45, 2.75) is 19.5 Å². The predicted octanol–water partition coefficient (Wildman–Crippen LogP) is 2.37.